The van der Waals surface area contributed by atoms with E-state index in [0.717, 1.165) is 0 Å². The Kier molecular flexibility index (Phi) is 4.43. The summed E-state index contributed by atoms with van der Waals surface area (Å²) >= 11 is 0. The second kappa shape index (κ2) is 6.44. The van der Waals surface area contributed by atoms with Crippen LogP contribution in [0.1, 0.15) is 54.3 Å². The number of imide groups is 1. The van der Waals surface area contributed by atoms with Crippen LogP contribution in [-0.2, 0) is 14.4 Å². The predicted octanol–water partition coefficient (Wildman–Crippen LogP) is 2.14. The van der Waals surface area contributed by atoms with Crippen LogP contribution in [0, 0.1) is 0 Å². The van der Waals surface area contributed by atoms with Crippen LogP contribution in [0.3, 0.4) is 0 Å². The van der Waals surface area contributed by atoms with Crippen molar-refractivity contribution in [3.8, 4) is 0 Å². The number of hydrogen-bond acceptors (Lipinski definition) is 6. The summed E-state index contributed by atoms with van der Waals surface area (Å²) in [6.45, 7) is 5.53. The summed E-state index contributed by atoms with van der Waals surface area (Å²) in [5, 5.41) is 0.457. The largest absolute Gasteiger partial charge is 0.444 e. The summed E-state index contributed by atoms with van der Waals surface area (Å²) in [5.41, 5.74) is -0.335. The van der Waals surface area contributed by atoms with Crippen molar-refractivity contribution in [2.45, 2.75) is 45.3 Å². The smallest absolute Gasteiger partial charge is 0.411 e. The lowest BCUT2D eigenvalue weighted by atomic mass is 10.1. The second-order valence-corrected chi connectivity index (χ2v) is 7.19. The third-order valence-electron chi connectivity index (χ3n) is 4.09. The number of hydroxylamine groups is 2. The summed E-state index contributed by atoms with van der Waals surface area (Å²) in [7, 11) is 0. The van der Waals surface area contributed by atoms with E-state index in [1.54, 1.807) is 32.9 Å². The van der Waals surface area contributed by atoms with Crippen molar-refractivity contribution in [3.05, 3.63) is 35.4 Å². The number of likely N-dealkylation sites (tertiary alicyclic amines) is 1. The van der Waals surface area contributed by atoms with Crippen molar-refractivity contribution in [1.82, 2.24) is 9.96 Å². The van der Waals surface area contributed by atoms with Gasteiger partial charge in [-0.2, -0.15) is 0 Å². The minimum absolute atomic E-state index is 0.181. The molecule has 1 aromatic rings. The quantitative estimate of drug-likeness (QED) is 0.750. The Labute approximate surface area is 150 Å². The van der Waals surface area contributed by atoms with Gasteiger partial charge in [-0.3, -0.25) is 14.5 Å². The Morgan fingerprint density at radius 1 is 1.08 bits per heavy atom. The van der Waals surface area contributed by atoms with Crippen LogP contribution in [0.15, 0.2) is 24.3 Å². The lowest BCUT2D eigenvalue weighted by Gasteiger charge is -2.28. The van der Waals surface area contributed by atoms with Crippen molar-refractivity contribution in [3.63, 3.8) is 0 Å². The van der Waals surface area contributed by atoms with Gasteiger partial charge in [0.25, 0.3) is 11.8 Å². The number of nitrogens with zero attached hydrogens (tertiary/aromatic N) is 2. The van der Waals surface area contributed by atoms with Gasteiger partial charge in [0.15, 0.2) is 0 Å². The van der Waals surface area contributed by atoms with E-state index in [1.807, 2.05) is 0 Å². The Morgan fingerprint density at radius 3 is 2.19 bits per heavy atom. The van der Waals surface area contributed by atoms with Crippen LogP contribution >= 0.6 is 0 Å². The molecule has 2 aliphatic heterocycles. The molecule has 0 bridgehead atoms. The van der Waals surface area contributed by atoms with Crippen LogP contribution in [0.4, 0.5) is 4.79 Å². The molecule has 1 fully saturated rings. The van der Waals surface area contributed by atoms with E-state index in [4.69, 9.17) is 9.57 Å². The standard InChI is InChI=1S/C18H20N2O6/c1-18(2,3)25-17(24)19-10-6-9-13(19)16(23)26-20-14(21)11-7-4-5-8-12(11)15(20)22/h4-5,7-8,13H,6,9-10H2,1-3H3/t13-/m0/s1. The van der Waals surface area contributed by atoms with Crippen LogP contribution in [0.25, 0.3) is 0 Å². The molecule has 2 aliphatic rings. The maximum absolute atomic E-state index is 12.5. The van der Waals surface area contributed by atoms with Crippen LogP contribution < -0.4 is 0 Å². The van der Waals surface area contributed by atoms with Gasteiger partial charge in [-0.05, 0) is 45.7 Å². The first-order valence-corrected chi connectivity index (χ1v) is 8.38. The second-order valence-electron chi connectivity index (χ2n) is 7.19. The molecule has 1 aromatic carbocycles. The summed E-state index contributed by atoms with van der Waals surface area (Å²) < 4.78 is 5.30. The molecule has 8 heteroatoms. The van der Waals surface area contributed by atoms with Crippen molar-refractivity contribution in [1.29, 1.82) is 0 Å². The van der Waals surface area contributed by atoms with Crippen molar-refractivity contribution < 1.29 is 28.8 Å². The number of benzene rings is 1. The zero-order chi connectivity index (χ0) is 19.1. The van der Waals surface area contributed by atoms with Crippen LogP contribution in [-0.4, -0.2) is 52.0 Å². The average molecular weight is 360 g/mol. The number of carbonyl (C=O) groups excluding carboxylic acids is 4. The highest BCUT2D eigenvalue weighted by molar-refractivity contribution is 6.20. The molecule has 0 saturated carbocycles. The average Bonchev–Trinajstić information content (AvgIpc) is 3.14. The number of hydrogen-bond donors (Lipinski definition) is 0. The maximum Gasteiger partial charge on any atom is 0.411 e. The highest BCUT2D eigenvalue weighted by Gasteiger charge is 2.43. The molecule has 0 aromatic heterocycles. The Balaban J connectivity index is 1.71. The van der Waals surface area contributed by atoms with Gasteiger partial charge in [0.2, 0.25) is 0 Å². The van der Waals surface area contributed by atoms with Gasteiger partial charge in [-0.15, -0.1) is 0 Å². The number of rotatable bonds is 2. The zero-order valence-corrected chi connectivity index (χ0v) is 14.9. The van der Waals surface area contributed by atoms with Gasteiger partial charge in [0.05, 0.1) is 11.1 Å². The van der Waals surface area contributed by atoms with E-state index in [2.05, 4.69) is 0 Å². The fourth-order valence-electron chi connectivity index (χ4n) is 2.95. The molecule has 0 aliphatic carbocycles. The molecule has 0 spiro atoms. The predicted molar refractivity (Wildman–Crippen MR) is 89.0 cm³/mol. The Hall–Kier alpha value is -2.90. The minimum atomic E-state index is -0.894. The first-order chi connectivity index (χ1) is 12.2. The molecule has 3 amide bonds. The van der Waals surface area contributed by atoms with Crippen molar-refractivity contribution in [2.75, 3.05) is 6.54 Å². The number of carbonyl (C=O) groups is 4. The van der Waals surface area contributed by atoms with E-state index in [0.29, 0.717) is 24.4 Å². The number of fused-ring (bicyclic) bond motifs is 1. The van der Waals surface area contributed by atoms with E-state index in [-0.39, 0.29) is 11.1 Å². The lowest BCUT2D eigenvalue weighted by molar-refractivity contribution is -0.173. The molecular formula is C18H20N2O6. The van der Waals surface area contributed by atoms with E-state index in [1.165, 1.54) is 17.0 Å². The molecule has 0 unspecified atom stereocenters. The number of ether oxygens (including phenoxy) is 1. The monoisotopic (exact) mass is 360 g/mol. The first kappa shape index (κ1) is 17.9. The molecule has 1 saturated heterocycles. The lowest BCUT2D eigenvalue weighted by Crippen LogP contribution is -2.46. The molecular weight excluding hydrogens is 340 g/mol. The summed E-state index contributed by atoms with van der Waals surface area (Å²) in [6.07, 6.45) is 0.349. The summed E-state index contributed by atoms with van der Waals surface area (Å²) in [4.78, 5) is 55.7. The van der Waals surface area contributed by atoms with Gasteiger partial charge in [-0.25, -0.2) is 9.59 Å². The molecule has 2 heterocycles. The third-order valence-corrected chi connectivity index (χ3v) is 4.09. The van der Waals surface area contributed by atoms with E-state index >= 15 is 0 Å². The molecule has 1 atom stereocenters. The topological polar surface area (TPSA) is 93.2 Å². The van der Waals surface area contributed by atoms with Gasteiger partial charge >= 0.3 is 12.1 Å². The minimum Gasteiger partial charge on any atom is -0.444 e. The normalized spacial score (nSPS) is 19.6. The Bertz CT molecular complexity index is 747. The number of amides is 3. The van der Waals surface area contributed by atoms with Gasteiger partial charge in [0, 0.05) is 6.54 Å². The summed E-state index contributed by atoms with van der Waals surface area (Å²) in [6, 6.07) is 5.33. The van der Waals surface area contributed by atoms with E-state index in [9.17, 15) is 19.2 Å². The SMILES string of the molecule is CC(C)(C)OC(=O)N1CCC[C@H]1C(=O)ON1C(=O)c2ccccc2C1=O. The fraction of sp³-hybridized carbons (Fsp3) is 0.444. The molecule has 0 radical (unpaired) electrons. The van der Waals surface area contributed by atoms with E-state index < -0.39 is 35.5 Å². The van der Waals surface area contributed by atoms with Gasteiger partial charge in [-0.1, -0.05) is 17.2 Å². The van der Waals surface area contributed by atoms with Crippen LogP contribution in [0.2, 0.25) is 0 Å². The van der Waals surface area contributed by atoms with Gasteiger partial charge in [0.1, 0.15) is 11.6 Å². The zero-order valence-electron chi connectivity index (χ0n) is 14.9. The third kappa shape index (κ3) is 3.26. The first-order valence-electron chi connectivity index (χ1n) is 8.38. The maximum atomic E-state index is 12.5. The van der Waals surface area contributed by atoms with Crippen molar-refractivity contribution in [2.24, 2.45) is 0 Å². The molecule has 3 rings (SSSR count). The molecule has 0 N–H and O–H groups in total. The van der Waals surface area contributed by atoms with Crippen LogP contribution in [0.5, 0.6) is 0 Å². The van der Waals surface area contributed by atoms with Crippen molar-refractivity contribution >= 4 is 23.9 Å². The van der Waals surface area contributed by atoms with Gasteiger partial charge < -0.3 is 9.57 Å². The molecule has 138 valence electrons. The summed E-state index contributed by atoms with van der Waals surface area (Å²) in [5.74, 6) is -2.22. The molecule has 26 heavy (non-hydrogen) atoms. The fourth-order valence-corrected chi connectivity index (χ4v) is 2.95. The molecule has 8 nitrogen and oxygen atoms in total. The Morgan fingerprint density at radius 2 is 1.65 bits per heavy atom. The highest BCUT2D eigenvalue weighted by atomic mass is 16.7. The highest BCUT2D eigenvalue weighted by Crippen LogP contribution is 2.26.